The molecule has 0 spiro atoms. The third kappa shape index (κ3) is 3.68. The number of carbonyl (C=O) groups excluding carboxylic acids is 2. The van der Waals surface area contributed by atoms with Gasteiger partial charge in [-0.1, -0.05) is 13.8 Å². The number of nitrogens with zero attached hydrogens (tertiary/aromatic N) is 4. The first kappa shape index (κ1) is 15.2. The fraction of sp³-hybridized carbons (Fsp3) is 0.571. The summed E-state index contributed by atoms with van der Waals surface area (Å²) < 4.78 is 0. The fourth-order valence-corrected chi connectivity index (χ4v) is 2.36. The highest BCUT2D eigenvalue weighted by molar-refractivity contribution is 5.90. The molecular formula is C14H21N5O2. The lowest BCUT2D eigenvalue weighted by molar-refractivity contribution is -0.134. The minimum Gasteiger partial charge on any atom is -0.364 e. The second kappa shape index (κ2) is 6.51. The number of amides is 2. The van der Waals surface area contributed by atoms with Crippen molar-refractivity contribution in [3.05, 3.63) is 17.8 Å². The van der Waals surface area contributed by atoms with Crippen molar-refractivity contribution in [2.75, 3.05) is 31.1 Å². The summed E-state index contributed by atoms with van der Waals surface area (Å²) in [5, 5.41) is 7.86. The van der Waals surface area contributed by atoms with Gasteiger partial charge >= 0.3 is 0 Å². The highest BCUT2D eigenvalue weighted by Gasteiger charge is 2.21. The van der Waals surface area contributed by atoms with Crippen LogP contribution in [0.25, 0.3) is 0 Å². The molecule has 2 rings (SSSR count). The lowest BCUT2D eigenvalue weighted by Gasteiger charge is -2.23. The van der Waals surface area contributed by atoms with E-state index in [-0.39, 0.29) is 17.5 Å². The van der Waals surface area contributed by atoms with Gasteiger partial charge in [0, 0.05) is 32.1 Å². The van der Waals surface area contributed by atoms with Crippen molar-refractivity contribution >= 4 is 17.6 Å². The maximum absolute atomic E-state index is 12.0. The summed E-state index contributed by atoms with van der Waals surface area (Å²) in [5.74, 6) is 0.329. The Morgan fingerprint density at radius 1 is 1.14 bits per heavy atom. The van der Waals surface area contributed by atoms with E-state index in [1.54, 1.807) is 12.1 Å². The summed E-state index contributed by atoms with van der Waals surface area (Å²) >= 11 is 0. The van der Waals surface area contributed by atoms with Gasteiger partial charge in [-0.15, -0.1) is 10.2 Å². The van der Waals surface area contributed by atoms with Gasteiger partial charge in [0.05, 0.1) is 0 Å². The maximum atomic E-state index is 12.0. The predicted molar refractivity (Wildman–Crippen MR) is 78.8 cm³/mol. The monoisotopic (exact) mass is 291 g/mol. The largest absolute Gasteiger partial charge is 0.364 e. The molecule has 2 heterocycles. The van der Waals surface area contributed by atoms with Crippen molar-refractivity contribution in [1.82, 2.24) is 15.1 Å². The molecule has 0 unspecified atom stereocenters. The van der Waals surface area contributed by atoms with E-state index in [2.05, 4.69) is 15.1 Å². The summed E-state index contributed by atoms with van der Waals surface area (Å²) in [5.41, 5.74) is 5.31. The number of aromatic nitrogens is 2. The lowest BCUT2D eigenvalue weighted by Crippen LogP contribution is -2.37. The molecule has 1 aliphatic rings. The molecule has 0 atom stereocenters. The van der Waals surface area contributed by atoms with E-state index in [0.29, 0.717) is 18.9 Å². The van der Waals surface area contributed by atoms with Crippen LogP contribution in [-0.2, 0) is 4.79 Å². The highest BCUT2D eigenvalue weighted by atomic mass is 16.2. The second-order valence-corrected chi connectivity index (χ2v) is 5.46. The lowest BCUT2D eigenvalue weighted by atomic mass is 10.2. The van der Waals surface area contributed by atoms with Crippen LogP contribution >= 0.6 is 0 Å². The van der Waals surface area contributed by atoms with Crippen LogP contribution < -0.4 is 10.6 Å². The highest BCUT2D eigenvalue weighted by Crippen LogP contribution is 2.14. The topological polar surface area (TPSA) is 92.4 Å². The number of primary amides is 1. The zero-order valence-corrected chi connectivity index (χ0v) is 12.5. The normalized spacial score (nSPS) is 16.0. The van der Waals surface area contributed by atoms with E-state index >= 15 is 0 Å². The maximum Gasteiger partial charge on any atom is 0.269 e. The number of anilines is 1. The van der Waals surface area contributed by atoms with Gasteiger partial charge in [-0.05, 0) is 18.6 Å². The van der Waals surface area contributed by atoms with Crippen molar-refractivity contribution in [3.8, 4) is 0 Å². The molecule has 0 radical (unpaired) electrons. The van der Waals surface area contributed by atoms with E-state index in [4.69, 9.17) is 5.73 Å². The van der Waals surface area contributed by atoms with Gasteiger partial charge in [-0.3, -0.25) is 9.59 Å². The molecule has 2 amide bonds. The summed E-state index contributed by atoms with van der Waals surface area (Å²) in [6.45, 7) is 6.80. The Labute approximate surface area is 124 Å². The van der Waals surface area contributed by atoms with Crippen LogP contribution in [0.5, 0.6) is 0 Å². The Morgan fingerprint density at radius 2 is 1.90 bits per heavy atom. The van der Waals surface area contributed by atoms with Crippen molar-refractivity contribution in [2.45, 2.75) is 20.3 Å². The van der Waals surface area contributed by atoms with Crippen LogP contribution in [0.3, 0.4) is 0 Å². The Bertz CT molecular complexity index is 515. The van der Waals surface area contributed by atoms with Crippen LogP contribution in [0.15, 0.2) is 12.1 Å². The Balaban J connectivity index is 2.02. The number of carbonyl (C=O) groups is 2. The Hall–Kier alpha value is -2.18. The van der Waals surface area contributed by atoms with Crippen molar-refractivity contribution in [2.24, 2.45) is 11.7 Å². The van der Waals surface area contributed by atoms with Gasteiger partial charge in [0.15, 0.2) is 11.5 Å². The molecule has 7 nitrogen and oxygen atoms in total. The summed E-state index contributed by atoms with van der Waals surface area (Å²) in [7, 11) is 0. The first-order valence-corrected chi connectivity index (χ1v) is 7.16. The smallest absolute Gasteiger partial charge is 0.269 e. The molecule has 0 bridgehead atoms. The molecule has 2 N–H and O–H groups in total. The Kier molecular flexibility index (Phi) is 4.72. The average molecular weight is 291 g/mol. The fourth-order valence-electron chi connectivity index (χ4n) is 2.36. The summed E-state index contributed by atoms with van der Waals surface area (Å²) in [6, 6.07) is 3.32. The minimum atomic E-state index is -0.585. The van der Waals surface area contributed by atoms with E-state index < -0.39 is 5.91 Å². The first-order valence-electron chi connectivity index (χ1n) is 7.16. The molecule has 114 valence electrons. The summed E-state index contributed by atoms with van der Waals surface area (Å²) in [4.78, 5) is 27.0. The third-order valence-electron chi connectivity index (χ3n) is 3.53. The van der Waals surface area contributed by atoms with E-state index in [1.165, 1.54) is 0 Å². The molecule has 0 aromatic carbocycles. The van der Waals surface area contributed by atoms with Crippen LogP contribution in [0.4, 0.5) is 5.82 Å². The average Bonchev–Trinajstić information content (AvgIpc) is 2.72. The van der Waals surface area contributed by atoms with Gasteiger partial charge < -0.3 is 15.5 Å². The zero-order valence-electron chi connectivity index (χ0n) is 12.5. The van der Waals surface area contributed by atoms with Gasteiger partial charge in [0.1, 0.15) is 0 Å². The minimum absolute atomic E-state index is 0.0196. The van der Waals surface area contributed by atoms with E-state index in [1.807, 2.05) is 18.7 Å². The molecule has 1 aliphatic heterocycles. The molecular weight excluding hydrogens is 270 g/mol. The molecule has 21 heavy (non-hydrogen) atoms. The molecule has 7 heteroatoms. The van der Waals surface area contributed by atoms with Crippen LogP contribution in [-0.4, -0.2) is 53.1 Å². The predicted octanol–water partition coefficient (Wildman–Crippen LogP) is 0.270. The van der Waals surface area contributed by atoms with Gasteiger partial charge in [-0.25, -0.2) is 0 Å². The molecule has 1 aromatic rings. The molecule has 1 saturated heterocycles. The molecule has 0 aliphatic carbocycles. The van der Waals surface area contributed by atoms with E-state index in [0.717, 1.165) is 19.5 Å². The number of rotatable bonds is 3. The van der Waals surface area contributed by atoms with Crippen molar-refractivity contribution in [1.29, 1.82) is 0 Å². The molecule has 0 saturated carbocycles. The standard InChI is InChI=1S/C14H21N5O2/c1-10(2)14(21)19-7-3-6-18(8-9-19)12-5-4-11(13(15)20)16-17-12/h4-5,10H,3,6-9H2,1-2H3,(H2,15,20). The van der Waals surface area contributed by atoms with Crippen molar-refractivity contribution < 1.29 is 9.59 Å². The number of nitrogens with two attached hydrogens (primary N) is 1. The number of hydrogen-bond donors (Lipinski definition) is 1. The van der Waals surface area contributed by atoms with E-state index in [9.17, 15) is 9.59 Å². The SMILES string of the molecule is CC(C)C(=O)N1CCCN(c2ccc(C(N)=O)nn2)CC1. The molecule has 1 aromatic heterocycles. The van der Waals surface area contributed by atoms with Gasteiger partial charge in [0.25, 0.3) is 5.91 Å². The van der Waals surface area contributed by atoms with Gasteiger partial charge in [-0.2, -0.15) is 0 Å². The number of hydrogen-bond acceptors (Lipinski definition) is 5. The zero-order chi connectivity index (χ0) is 15.4. The second-order valence-electron chi connectivity index (χ2n) is 5.46. The Morgan fingerprint density at radius 3 is 2.48 bits per heavy atom. The first-order chi connectivity index (χ1) is 9.99. The van der Waals surface area contributed by atoms with Crippen LogP contribution in [0, 0.1) is 5.92 Å². The quantitative estimate of drug-likeness (QED) is 0.863. The van der Waals surface area contributed by atoms with Crippen LogP contribution in [0.2, 0.25) is 0 Å². The summed E-state index contributed by atoms with van der Waals surface area (Å²) in [6.07, 6.45) is 0.887. The molecule has 1 fully saturated rings. The van der Waals surface area contributed by atoms with Crippen molar-refractivity contribution in [3.63, 3.8) is 0 Å². The third-order valence-corrected chi connectivity index (χ3v) is 3.53. The van der Waals surface area contributed by atoms with Gasteiger partial charge in [0.2, 0.25) is 5.91 Å². The van der Waals surface area contributed by atoms with Crippen LogP contribution in [0.1, 0.15) is 30.8 Å².